The molecule has 1 aliphatic rings. The second kappa shape index (κ2) is 6.05. The second-order valence-corrected chi connectivity index (χ2v) is 4.21. The fourth-order valence-corrected chi connectivity index (χ4v) is 1.76. The Morgan fingerprint density at radius 1 is 1.55 bits per heavy atom. The van der Waals surface area contributed by atoms with E-state index in [-0.39, 0.29) is 18.3 Å². The highest BCUT2D eigenvalue weighted by Gasteiger charge is 2.16. The minimum Gasteiger partial charge on any atom is -0.482 e. The third-order valence-corrected chi connectivity index (χ3v) is 2.69. The van der Waals surface area contributed by atoms with Crippen molar-refractivity contribution in [2.75, 3.05) is 18.5 Å². The minimum absolute atomic E-state index is 0.0209. The van der Waals surface area contributed by atoms with E-state index in [0.29, 0.717) is 24.5 Å². The number of aliphatic imine (C=N–C) groups is 1. The van der Waals surface area contributed by atoms with E-state index in [1.54, 1.807) is 19.1 Å². The van der Waals surface area contributed by atoms with E-state index >= 15 is 0 Å². The van der Waals surface area contributed by atoms with Crippen LogP contribution in [0.4, 0.5) is 5.69 Å². The summed E-state index contributed by atoms with van der Waals surface area (Å²) in [6, 6.07) is 5.31. The van der Waals surface area contributed by atoms with Gasteiger partial charge in [-0.1, -0.05) is 6.07 Å². The normalized spacial score (nSPS) is 14.1. The van der Waals surface area contributed by atoms with Gasteiger partial charge in [0, 0.05) is 13.1 Å². The summed E-state index contributed by atoms with van der Waals surface area (Å²) in [4.78, 5) is 26.6. The maximum absolute atomic E-state index is 11.6. The molecule has 1 aliphatic heterocycles. The van der Waals surface area contributed by atoms with Crippen LogP contribution in [0.25, 0.3) is 0 Å². The van der Waals surface area contributed by atoms with Gasteiger partial charge >= 0.3 is 0 Å². The van der Waals surface area contributed by atoms with Crippen molar-refractivity contribution in [1.82, 2.24) is 5.32 Å². The van der Waals surface area contributed by atoms with Crippen molar-refractivity contribution in [3.8, 4) is 5.75 Å². The Hall–Kier alpha value is -2.57. The molecule has 7 nitrogen and oxygen atoms in total. The molecular formula is C13H16N4O3. The first-order valence-electron chi connectivity index (χ1n) is 6.24. The number of amidine groups is 1. The lowest BCUT2D eigenvalue weighted by atomic mass is 10.1. The van der Waals surface area contributed by atoms with E-state index in [0.717, 1.165) is 5.56 Å². The Labute approximate surface area is 116 Å². The van der Waals surface area contributed by atoms with E-state index in [1.807, 2.05) is 6.07 Å². The number of amides is 2. The number of hydrogen-bond donors (Lipinski definition) is 3. The SMILES string of the molecule is CCN=C(N)C(=O)NCc1ccc2c(c1)NC(=O)CO2. The van der Waals surface area contributed by atoms with Crippen LogP contribution in [0.5, 0.6) is 5.75 Å². The van der Waals surface area contributed by atoms with Gasteiger partial charge in [0.15, 0.2) is 12.4 Å². The molecule has 2 rings (SSSR count). The minimum atomic E-state index is -0.412. The monoisotopic (exact) mass is 276 g/mol. The standard InChI is InChI=1S/C13H16N4O3/c1-2-15-12(14)13(19)16-6-8-3-4-10-9(5-8)17-11(18)7-20-10/h3-5H,2,6-7H2,1H3,(H2,14,15)(H,16,19)(H,17,18). The third-order valence-electron chi connectivity index (χ3n) is 2.69. The van der Waals surface area contributed by atoms with Crippen LogP contribution in [0.3, 0.4) is 0 Å². The summed E-state index contributed by atoms with van der Waals surface area (Å²) in [7, 11) is 0. The number of nitrogens with zero attached hydrogens (tertiary/aromatic N) is 1. The molecule has 4 N–H and O–H groups in total. The largest absolute Gasteiger partial charge is 0.482 e. The van der Waals surface area contributed by atoms with Crippen LogP contribution >= 0.6 is 0 Å². The summed E-state index contributed by atoms with van der Waals surface area (Å²) < 4.78 is 5.25. The number of hydrogen-bond acceptors (Lipinski definition) is 4. The highest BCUT2D eigenvalue weighted by Crippen LogP contribution is 2.28. The van der Waals surface area contributed by atoms with Crippen LogP contribution in [-0.2, 0) is 16.1 Å². The molecule has 106 valence electrons. The van der Waals surface area contributed by atoms with Crippen molar-refractivity contribution in [1.29, 1.82) is 0 Å². The van der Waals surface area contributed by atoms with E-state index in [4.69, 9.17) is 10.5 Å². The molecule has 1 aromatic rings. The molecule has 1 aromatic carbocycles. The summed E-state index contributed by atoms with van der Waals surface area (Å²) in [5.41, 5.74) is 6.91. The van der Waals surface area contributed by atoms with E-state index in [2.05, 4.69) is 15.6 Å². The number of anilines is 1. The quantitative estimate of drug-likeness (QED) is 0.534. The lowest BCUT2D eigenvalue weighted by Crippen LogP contribution is -2.36. The van der Waals surface area contributed by atoms with Gasteiger partial charge in [0.25, 0.3) is 11.8 Å². The molecule has 0 unspecified atom stereocenters. The fraction of sp³-hybridized carbons (Fsp3) is 0.308. The van der Waals surface area contributed by atoms with Crippen molar-refractivity contribution in [3.63, 3.8) is 0 Å². The van der Waals surface area contributed by atoms with Crippen LogP contribution in [0.1, 0.15) is 12.5 Å². The molecule has 0 saturated carbocycles. The van der Waals surface area contributed by atoms with E-state index in [9.17, 15) is 9.59 Å². The van der Waals surface area contributed by atoms with Gasteiger partial charge in [-0.15, -0.1) is 0 Å². The molecule has 1 heterocycles. The maximum atomic E-state index is 11.6. The van der Waals surface area contributed by atoms with Crippen molar-refractivity contribution in [2.45, 2.75) is 13.5 Å². The molecule has 7 heteroatoms. The molecule has 2 amide bonds. The highest BCUT2D eigenvalue weighted by atomic mass is 16.5. The number of carbonyl (C=O) groups excluding carboxylic acids is 2. The third kappa shape index (κ3) is 3.25. The van der Waals surface area contributed by atoms with E-state index < -0.39 is 5.91 Å². The van der Waals surface area contributed by atoms with Crippen LogP contribution < -0.4 is 21.1 Å². The number of nitrogens with two attached hydrogens (primary N) is 1. The summed E-state index contributed by atoms with van der Waals surface area (Å²) in [6.45, 7) is 2.57. The predicted molar refractivity (Wildman–Crippen MR) is 74.6 cm³/mol. The van der Waals surface area contributed by atoms with Crippen molar-refractivity contribution in [3.05, 3.63) is 23.8 Å². The number of fused-ring (bicyclic) bond motifs is 1. The van der Waals surface area contributed by atoms with Crippen molar-refractivity contribution < 1.29 is 14.3 Å². The van der Waals surface area contributed by atoms with Crippen LogP contribution in [0.15, 0.2) is 23.2 Å². The maximum Gasteiger partial charge on any atom is 0.286 e. The lowest BCUT2D eigenvalue weighted by molar-refractivity contribution is -0.118. The first kappa shape index (κ1) is 13.9. The summed E-state index contributed by atoms with van der Waals surface area (Å²) in [5, 5.41) is 5.36. The summed E-state index contributed by atoms with van der Waals surface area (Å²) in [6.07, 6.45) is 0. The molecule has 0 radical (unpaired) electrons. The molecule has 0 atom stereocenters. The Bertz CT molecular complexity index is 569. The Kier molecular flexibility index (Phi) is 4.19. The van der Waals surface area contributed by atoms with Gasteiger partial charge in [0.05, 0.1) is 5.69 Å². The summed E-state index contributed by atoms with van der Waals surface area (Å²) in [5.74, 6) is -0.0308. The number of carbonyl (C=O) groups is 2. The Morgan fingerprint density at radius 3 is 3.10 bits per heavy atom. The number of ether oxygens (including phenoxy) is 1. The number of rotatable bonds is 3. The first-order valence-corrected chi connectivity index (χ1v) is 6.24. The molecule has 0 aliphatic carbocycles. The fourth-order valence-electron chi connectivity index (χ4n) is 1.76. The predicted octanol–water partition coefficient (Wildman–Crippen LogP) is 0.0108. The number of nitrogens with one attached hydrogen (secondary N) is 2. The Balaban J connectivity index is 2.01. The van der Waals surface area contributed by atoms with Crippen molar-refractivity contribution in [2.24, 2.45) is 10.7 Å². The van der Waals surface area contributed by atoms with Gasteiger partial charge in [-0.3, -0.25) is 14.6 Å². The summed E-state index contributed by atoms with van der Waals surface area (Å²) >= 11 is 0. The molecule has 20 heavy (non-hydrogen) atoms. The van der Waals surface area contributed by atoms with Gasteiger partial charge in [-0.2, -0.15) is 0 Å². The van der Waals surface area contributed by atoms with Gasteiger partial charge in [-0.05, 0) is 24.6 Å². The van der Waals surface area contributed by atoms with Crippen LogP contribution in [0, 0.1) is 0 Å². The van der Waals surface area contributed by atoms with E-state index in [1.165, 1.54) is 0 Å². The van der Waals surface area contributed by atoms with Crippen molar-refractivity contribution >= 4 is 23.3 Å². The smallest absolute Gasteiger partial charge is 0.286 e. The zero-order valence-electron chi connectivity index (χ0n) is 11.1. The zero-order chi connectivity index (χ0) is 14.5. The molecule has 0 aromatic heterocycles. The average Bonchev–Trinajstić information content (AvgIpc) is 2.44. The average molecular weight is 276 g/mol. The Morgan fingerprint density at radius 2 is 2.35 bits per heavy atom. The van der Waals surface area contributed by atoms with Crippen LogP contribution in [-0.4, -0.2) is 30.8 Å². The first-order chi connectivity index (χ1) is 9.60. The van der Waals surface area contributed by atoms with Gasteiger partial charge in [0.2, 0.25) is 0 Å². The van der Waals surface area contributed by atoms with Gasteiger partial charge < -0.3 is 21.1 Å². The number of benzene rings is 1. The zero-order valence-corrected chi connectivity index (χ0v) is 11.1. The molecule has 0 bridgehead atoms. The van der Waals surface area contributed by atoms with Gasteiger partial charge in [-0.25, -0.2) is 0 Å². The molecule has 0 saturated heterocycles. The molecular weight excluding hydrogens is 260 g/mol. The lowest BCUT2D eigenvalue weighted by Gasteiger charge is -2.18. The molecule has 0 spiro atoms. The molecule has 0 fully saturated rings. The highest BCUT2D eigenvalue weighted by molar-refractivity contribution is 6.37. The van der Waals surface area contributed by atoms with Gasteiger partial charge in [0.1, 0.15) is 5.75 Å². The topological polar surface area (TPSA) is 106 Å². The van der Waals surface area contributed by atoms with Crippen LogP contribution in [0.2, 0.25) is 0 Å². The second-order valence-electron chi connectivity index (χ2n) is 4.21.